The smallest absolute Gasteiger partial charge is 0.330 e. The van der Waals surface area contributed by atoms with Gasteiger partial charge in [0.25, 0.3) is 0 Å². The molecule has 0 saturated carbocycles. The highest BCUT2D eigenvalue weighted by molar-refractivity contribution is 6.12. The topological polar surface area (TPSA) is 104 Å². The second-order valence-corrected chi connectivity index (χ2v) is 4.22. The number of fused-ring (bicyclic) bond motifs is 1. The number of imide groups is 1. The monoisotopic (exact) mass is 245 g/mol. The van der Waals surface area contributed by atoms with Gasteiger partial charge in [0.1, 0.15) is 18.2 Å². The minimum absolute atomic E-state index is 0.0140. The number of nitrogen functional groups attached to an aromatic ring is 1. The van der Waals surface area contributed by atoms with E-state index in [0.29, 0.717) is 17.2 Å². The maximum absolute atomic E-state index is 11.5. The van der Waals surface area contributed by atoms with Gasteiger partial charge in [-0.1, -0.05) is 0 Å². The first kappa shape index (κ1) is 10.6. The molecule has 7 heteroatoms. The first-order valence-corrected chi connectivity index (χ1v) is 5.42. The number of nitrogens with two attached hydrogens (primary N) is 1. The molecule has 2 aromatic rings. The lowest BCUT2D eigenvalue weighted by Crippen LogP contribution is -2.28. The molecule has 0 bridgehead atoms. The number of carbonyl (C=O) groups is 2. The molecule has 0 aliphatic carbocycles. The van der Waals surface area contributed by atoms with Crippen LogP contribution in [0.1, 0.15) is 5.56 Å². The van der Waals surface area contributed by atoms with E-state index < -0.39 is 6.03 Å². The van der Waals surface area contributed by atoms with E-state index in [1.165, 1.54) is 4.90 Å². The quantitative estimate of drug-likeness (QED) is 0.636. The predicted octanol–water partition coefficient (Wildman–Crippen LogP) is 0.510. The van der Waals surface area contributed by atoms with Crippen molar-refractivity contribution in [2.45, 2.75) is 6.92 Å². The number of pyridine rings is 1. The van der Waals surface area contributed by atoms with E-state index in [4.69, 9.17) is 5.73 Å². The van der Waals surface area contributed by atoms with Crippen LogP contribution in [-0.2, 0) is 4.79 Å². The molecule has 7 nitrogen and oxygen atoms in total. The van der Waals surface area contributed by atoms with E-state index in [1.54, 1.807) is 6.07 Å². The average Bonchev–Trinajstić information content (AvgIpc) is 2.82. The Morgan fingerprint density at radius 2 is 2.17 bits per heavy atom. The number of carbonyl (C=O) groups excluding carboxylic acids is 2. The van der Waals surface area contributed by atoms with Gasteiger partial charge in [-0.3, -0.25) is 15.0 Å². The van der Waals surface area contributed by atoms with Crippen molar-refractivity contribution >= 4 is 34.6 Å². The van der Waals surface area contributed by atoms with Crippen LogP contribution in [0.15, 0.2) is 12.1 Å². The highest BCUT2D eigenvalue weighted by atomic mass is 16.2. The summed E-state index contributed by atoms with van der Waals surface area (Å²) in [5, 5.41) is 2.22. The molecule has 4 N–H and O–H groups in total. The van der Waals surface area contributed by atoms with Crippen LogP contribution in [0.25, 0.3) is 11.0 Å². The van der Waals surface area contributed by atoms with Gasteiger partial charge in [0.2, 0.25) is 5.91 Å². The summed E-state index contributed by atoms with van der Waals surface area (Å²) < 4.78 is 0. The molecule has 1 saturated heterocycles. The van der Waals surface area contributed by atoms with Crippen molar-refractivity contribution < 1.29 is 9.59 Å². The number of aryl methyl sites for hydroxylation is 1. The number of anilines is 2. The summed E-state index contributed by atoms with van der Waals surface area (Å²) in [6.07, 6.45) is 0. The number of rotatable bonds is 1. The number of amides is 3. The van der Waals surface area contributed by atoms with Crippen LogP contribution in [0.4, 0.5) is 16.4 Å². The van der Waals surface area contributed by atoms with Gasteiger partial charge >= 0.3 is 6.03 Å². The van der Waals surface area contributed by atoms with Crippen LogP contribution in [0.3, 0.4) is 0 Å². The lowest BCUT2D eigenvalue weighted by atomic mass is 10.2. The van der Waals surface area contributed by atoms with Crippen molar-refractivity contribution in [3.05, 3.63) is 17.7 Å². The number of nitrogens with one attached hydrogen (secondary N) is 2. The molecule has 0 aromatic carbocycles. The normalized spacial score (nSPS) is 15.5. The number of urea groups is 1. The zero-order chi connectivity index (χ0) is 12.9. The van der Waals surface area contributed by atoms with Gasteiger partial charge in [-0.05, 0) is 18.6 Å². The SMILES string of the molecule is Cc1cc2[nH]c(N3CC(=O)NC3=O)cc2nc1N. The molecule has 0 atom stereocenters. The van der Waals surface area contributed by atoms with Crippen LogP contribution >= 0.6 is 0 Å². The largest absolute Gasteiger partial charge is 0.383 e. The van der Waals surface area contributed by atoms with E-state index in [1.807, 2.05) is 13.0 Å². The van der Waals surface area contributed by atoms with Crippen molar-refractivity contribution in [1.29, 1.82) is 0 Å². The summed E-state index contributed by atoms with van der Waals surface area (Å²) in [6.45, 7) is 1.87. The van der Waals surface area contributed by atoms with Crippen molar-refractivity contribution in [2.24, 2.45) is 0 Å². The number of aromatic nitrogens is 2. The van der Waals surface area contributed by atoms with Crippen LogP contribution < -0.4 is 16.0 Å². The number of hydrogen-bond donors (Lipinski definition) is 3. The first-order valence-electron chi connectivity index (χ1n) is 5.42. The molecule has 0 unspecified atom stereocenters. The Hall–Kier alpha value is -2.57. The molecule has 1 fully saturated rings. The van der Waals surface area contributed by atoms with E-state index >= 15 is 0 Å². The Labute approximate surface area is 102 Å². The Kier molecular flexibility index (Phi) is 2.03. The summed E-state index contributed by atoms with van der Waals surface area (Å²) in [4.78, 5) is 31.3. The molecule has 92 valence electrons. The van der Waals surface area contributed by atoms with Crippen molar-refractivity contribution in [1.82, 2.24) is 15.3 Å². The molecular weight excluding hydrogens is 234 g/mol. The molecule has 0 spiro atoms. The third kappa shape index (κ3) is 1.48. The van der Waals surface area contributed by atoms with E-state index in [-0.39, 0.29) is 12.5 Å². The summed E-state index contributed by atoms with van der Waals surface area (Å²) in [6, 6.07) is 3.12. The average molecular weight is 245 g/mol. The standard InChI is InChI=1S/C11H11N5O2/c1-5-2-6-7(14-10(5)12)3-8(13-6)16-4-9(17)15-11(16)18/h2-3,13H,4H2,1H3,(H2,12,14)(H,15,17,18). The number of aromatic amines is 1. The number of nitrogens with zero attached hydrogens (tertiary/aromatic N) is 2. The van der Waals surface area contributed by atoms with E-state index in [0.717, 1.165) is 11.1 Å². The Bertz CT molecular complexity index is 636. The van der Waals surface area contributed by atoms with Gasteiger partial charge in [-0.2, -0.15) is 0 Å². The number of hydrogen-bond acceptors (Lipinski definition) is 4. The maximum Gasteiger partial charge on any atom is 0.330 e. The second kappa shape index (κ2) is 3.46. The highest BCUT2D eigenvalue weighted by Gasteiger charge is 2.29. The van der Waals surface area contributed by atoms with Gasteiger partial charge < -0.3 is 10.7 Å². The minimum atomic E-state index is -0.434. The fraction of sp³-hybridized carbons (Fsp3) is 0.182. The first-order chi connectivity index (χ1) is 8.54. The van der Waals surface area contributed by atoms with Crippen LogP contribution in [0.5, 0.6) is 0 Å². The fourth-order valence-corrected chi connectivity index (χ4v) is 1.94. The van der Waals surface area contributed by atoms with Crippen LogP contribution in [-0.4, -0.2) is 28.5 Å². The summed E-state index contributed by atoms with van der Waals surface area (Å²) >= 11 is 0. The summed E-state index contributed by atoms with van der Waals surface area (Å²) in [7, 11) is 0. The lowest BCUT2D eigenvalue weighted by molar-refractivity contribution is -0.117. The molecule has 2 aromatic heterocycles. The molecule has 0 radical (unpaired) electrons. The van der Waals surface area contributed by atoms with E-state index in [9.17, 15) is 9.59 Å². The zero-order valence-corrected chi connectivity index (χ0v) is 9.65. The Morgan fingerprint density at radius 1 is 1.39 bits per heavy atom. The van der Waals surface area contributed by atoms with Crippen molar-refractivity contribution in [3.63, 3.8) is 0 Å². The third-order valence-electron chi connectivity index (χ3n) is 2.90. The van der Waals surface area contributed by atoms with Gasteiger partial charge in [0.15, 0.2) is 0 Å². The Balaban J connectivity index is 2.08. The predicted molar refractivity (Wildman–Crippen MR) is 66.1 cm³/mol. The van der Waals surface area contributed by atoms with Gasteiger partial charge in [-0.15, -0.1) is 0 Å². The van der Waals surface area contributed by atoms with Gasteiger partial charge in [-0.25, -0.2) is 9.78 Å². The number of H-pyrrole nitrogens is 1. The van der Waals surface area contributed by atoms with Crippen LogP contribution in [0.2, 0.25) is 0 Å². The summed E-state index contributed by atoms with van der Waals surface area (Å²) in [5.41, 5.74) is 8.03. The third-order valence-corrected chi connectivity index (χ3v) is 2.90. The lowest BCUT2D eigenvalue weighted by Gasteiger charge is -2.09. The summed E-state index contributed by atoms with van der Waals surface area (Å²) in [5.74, 6) is 0.670. The molecule has 1 aliphatic heterocycles. The molecule has 3 amide bonds. The van der Waals surface area contributed by atoms with Crippen molar-refractivity contribution in [2.75, 3.05) is 17.2 Å². The highest BCUT2D eigenvalue weighted by Crippen LogP contribution is 2.24. The molecule has 3 rings (SSSR count). The van der Waals surface area contributed by atoms with Gasteiger partial charge in [0.05, 0.1) is 11.0 Å². The minimum Gasteiger partial charge on any atom is -0.383 e. The second-order valence-electron chi connectivity index (χ2n) is 4.22. The van der Waals surface area contributed by atoms with E-state index in [2.05, 4.69) is 15.3 Å². The zero-order valence-electron chi connectivity index (χ0n) is 9.65. The Morgan fingerprint density at radius 3 is 2.83 bits per heavy atom. The van der Waals surface area contributed by atoms with Crippen LogP contribution in [0, 0.1) is 6.92 Å². The van der Waals surface area contributed by atoms with Gasteiger partial charge in [0, 0.05) is 6.07 Å². The molecule has 1 aliphatic rings. The molecule has 3 heterocycles. The molecule has 18 heavy (non-hydrogen) atoms. The van der Waals surface area contributed by atoms with Crippen molar-refractivity contribution in [3.8, 4) is 0 Å². The maximum atomic E-state index is 11.5. The molecular formula is C11H11N5O2. The fourth-order valence-electron chi connectivity index (χ4n) is 1.94.